The SMILES string of the molecule is CCn1ncc2ccc(-c3cc(COC(C)(C)C(C)=O)nn3-c3ccccc3Cl)cc21. The lowest BCUT2D eigenvalue weighted by atomic mass is 10.1. The van der Waals surface area contributed by atoms with Crippen LogP contribution in [0.25, 0.3) is 27.8 Å². The summed E-state index contributed by atoms with van der Waals surface area (Å²) in [5, 5.41) is 10.9. The van der Waals surface area contributed by atoms with E-state index in [9.17, 15) is 4.79 Å². The van der Waals surface area contributed by atoms with E-state index in [1.165, 1.54) is 6.92 Å². The molecule has 0 N–H and O–H groups in total. The van der Waals surface area contributed by atoms with Crippen molar-refractivity contribution in [2.75, 3.05) is 0 Å². The van der Waals surface area contributed by atoms with Crippen LogP contribution in [0.2, 0.25) is 5.02 Å². The minimum absolute atomic E-state index is 0.0310. The Morgan fingerprint density at radius 2 is 1.94 bits per heavy atom. The van der Waals surface area contributed by atoms with Crippen LogP contribution < -0.4 is 0 Å². The molecular weight excluding hydrogens is 412 g/mol. The average Bonchev–Trinajstić information content (AvgIpc) is 3.36. The summed E-state index contributed by atoms with van der Waals surface area (Å²) in [6.07, 6.45) is 1.87. The van der Waals surface area contributed by atoms with Gasteiger partial charge in [-0.05, 0) is 52.0 Å². The molecule has 0 aliphatic heterocycles. The van der Waals surface area contributed by atoms with Crippen molar-refractivity contribution in [2.24, 2.45) is 0 Å². The summed E-state index contributed by atoms with van der Waals surface area (Å²) < 4.78 is 9.66. The van der Waals surface area contributed by atoms with Gasteiger partial charge >= 0.3 is 0 Å². The van der Waals surface area contributed by atoms with E-state index in [-0.39, 0.29) is 12.4 Å². The monoisotopic (exact) mass is 436 g/mol. The molecule has 0 radical (unpaired) electrons. The highest BCUT2D eigenvalue weighted by molar-refractivity contribution is 6.32. The zero-order valence-electron chi connectivity index (χ0n) is 18.1. The van der Waals surface area contributed by atoms with Crippen molar-refractivity contribution in [3.8, 4) is 16.9 Å². The zero-order chi connectivity index (χ0) is 22.2. The standard InChI is InChI=1S/C24H25ClN4O2/c1-5-28-22-12-17(10-11-18(22)14-26-28)23-13-19(15-31-24(3,4)16(2)30)27-29(23)21-9-7-6-8-20(21)25/h6-14H,5,15H2,1-4H3. The number of fused-ring (bicyclic) bond motifs is 1. The van der Waals surface area contributed by atoms with E-state index in [2.05, 4.69) is 30.2 Å². The molecule has 0 fully saturated rings. The number of rotatable bonds is 7. The number of carbonyl (C=O) groups excluding carboxylic acids is 1. The largest absolute Gasteiger partial charge is 0.361 e. The summed E-state index contributed by atoms with van der Waals surface area (Å²) in [7, 11) is 0. The number of benzene rings is 2. The highest BCUT2D eigenvalue weighted by atomic mass is 35.5. The number of hydrogen-bond acceptors (Lipinski definition) is 4. The first-order valence-electron chi connectivity index (χ1n) is 10.2. The van der Waals surface area contributed by atoms with Crippen LogP contribution in [0.5, 0.6) is 0 Å². The Balaban J connectivity index is 1.81. The summed E-state index contributed by atoms with van der Waals surface area (Å²) in [4.78, 5) is 11.8. The maximum atomic E-state index is 11.8. The molecule has 2 heterocycles. The van der Waals surface area contributed by atoms with Gasteiger partial charge in [-0.2, -0.15) is 10.2 Å². The second kappa shape index (κ2) is 8.29. The van der Waals surface area contributed by atoms with E-state index in [1.54, 1.807) is 13.8 Å². The third kappa shape index (κ3) is 4.13. The molecule has 160 valence electrons. The van der Waals surface area contributed by atoms with Crippen LogP contribution in [-0.2, 0) is 22.7 Å². The maximum Gasteiger partial charge on any atom is 0.161 e. The molecule has 0 amide bonds. The van der Waals surface area contributed by atoms with Crippen LogP contribution in [0.15, 0.2) is 54.7 Å². The highest BCUT2D eigenvalue weighted by Gasteiger charge is 2.25. The predicted molar refractivity (Wildman–Crippen MR) is 123 cm³/mol. The molecule has 2 aromatic heterocycles. The molecular formula is C24H25ClN4O2. The smallest absolute Gasteiger partial charge is 0.161 e. The summed E-state index contributed by atoms with van der Waals surface area (Å²) in [5.41, 5.74) is 3.56. The van der Waals surface area contributed by atoms with Gasteiger partial charge in [0.1, 0.15) is 5.60 Å². The number of ether oxygens (including phenoxy) is 1. The topological polar surface area (TPSA) is 61.9 Å². The molecule has 6 nitrogen and oxygen atoms in total. The van der Waals surface area contributed by atoms with Gasteiger partial charge in [0, 0.05) is 17.5 Å². The number of aryl methyl sites for hydroxylation is 1. The van der Waals surface area contributed by atoms with Crippen LogP contribution in [0.4, 0.5) is 0 Å². The molecule has 0 atom stereocenters. The summed E-state index contributed by atoms with van der Waals surface area (Å²) in [5.74, 6) is -0.0310. The van der Waals surface area contributed by atoms with Gasteiger partial charge < -0.3 is 4.74 Å². The number of halogens is 1. The Morgan fingerprint density at radius 1 is 1.16 bits per heavy atom. The van der Waals surface area contributed by atoms with Gasteiger partial charge in [-0.15, -0.1) is 0 Å². The van der Waals surface area contributed by atoms with Crippen molar-refractivity contribution in [3.63, 3.8) is 0 Å². The quantitative estimate of drug-likeness (QED) is 0.386. The number of hydrogen-bond donors (Lipinski definition) is 0. The molecule has 0 bridgehead atoms. The van der Waals surface area contributed by atoms with E-state index in [4.69, 9.17) is 21.4 Å². The number of nitrogens with zero attached hydrogens (tertiary/aromatic N) is 4. The Bertz CT molecular complexity index is 1260. The zero-order valence-corrected chi connectivity index (χ0v) is 18.8. The second-order valence-corrected chi connectivity index (χ2v) is 8.38. The van der Waals surface area contributed by atoms with E-state index >= 15 is 0 Å². The molecule has 4 aromatic rings. The Morgan fingerprint density at radius 3 is 2.65 bits per heavy atom. The molecule has 0 spiro atoms. The lowest BCUT2D eigenvalue weighted by molar-refractivity contribution is -0.139. The van der Waals surface area contributed by atoms with Crippen LogP contribution in [0.3, 0.4) is 0 Å². The van der Waals surface area contributed by atoms with Crippen molar-refractivity contribution in [2.45, 2.75) is 46.4 Å². The maximum absolute atomic E-state index is 11.8. The number of para-hydroxylation sites is 1. The van der Waals surface area contributed by atoms with E-state index in [1.807, 2.05) is 45.9 Å². The highest BCUT2D eigenvalue weighted by Crippen LogP contribution is 2.30. The molecule has 7 heteroatoms. The van der Waals surface area contributed by atoms with Gasteiger partial charge in [0.2, 0.25) is 0 Å². The molecule has 0 unspecified atom stereocenters. The molecule has 0 saturated heterocycles. The predicted octanol–water partition coefficient (Wildman–Crippen LogP) is 5.45. The average molecular weight is 437 g/mol. The first-order chi connectivity index (χ1) is 14.8. The van der Waals surface area contributed by atoms with Gasteiger partial charge in [-0.1, -0.05) is 35.9 Å². The third-order valence-electron chi connectivity index (χ3n) is 5.51. The molecule has 0 saturated carbocycles. The summed E-state index contributed by atoms with van der Waals surface area (Å²) >= 11 is 6.49. The lowest BCUT2D eigenvalue weighted by Gasteiger charge is -2.21. The molecule has 0 aliphatic carbocycles. The Kier molecular flexibility index (Phi) is 5.69. The third-order valence-corrected chi connectivity index (χ3v) is 5.83. The minimum atomic E-state index is -0.874. The van der Waals surface area contributed by atoms with Gasteiger partial charge in [0.25, 0.3) is 0 Å². The van der Waals surface area contributed by atoms with Crippen LogP contribution >= 0.6 is 11.6 Å². The fourth-order valence-electron chi connectivity index (χ4n) is 3.35. The number of aromatic nitrogens is 4. The van der Waals surface area contributed by atoms with Gasteiger partial charge in [0.15, 0.2) is 5.78 Å². The molecule has 0 aliphatic rings. The van der Waals surface area contributed by atoms with Crippen molar-refractivity contribution in [3.05, 3.63) is 65.4 Å². The van der Waals surface area contributed by atoms with Crippen LogP contribution in [-0.4, -0.2) is 30.9 Å². The number of Topliss-reactive ketones (excluding diaryl/α,β-unsaturated/α-hetero) is 1. The molecule has 31 heavy (non-hydrogen) atoms. The number of carbonyl (C=O) groups is 1. The van der Waals surface area contributed by atoms with Crippen molar-refractivity contribution in [1.82, 2.24) is 19.6 Å². The van der Waals surface area contributed by atoms with Crippen molar-refractivity contribution in [1.29, 1.82) is 0 Å². The Labute approximate surface area is 186 Å². The normalized spacial score (nSPS) is 11.9. The van der Waals surface area contributed by atoms with Gasteiger partial charge in [-0.3, -0.25) is 9.48 Å². The van der Waals surface area contributed by atoms with Gasteiger partial charge in [0.05, 0.1) is 40.4 Å². The summed E-state index contributed by atoms with van der Waals surface area (Å²) in [6, 6.07) is 15.8. The lowest BCUT2D eigenvalue weighted by Crippen LogP contribution is -2.32. The molecule has 4 rings (SSSR count). The van der Waals surface area contributed by atoms with Gasteiger partial charge in [-0.25, -0.2) is 4.68 Å². The fraction of sp³-hybridized carbons (Fsp3) is 0.292. The first kappa shape index (κ1) is 21.3. The van der Waals surface area contributed by atoms with Crippen molar-refractivity contribution >= 4 is 28.3 Å². The molecule has 2 aromatic carbocycles. The van der Waals surface area contributed by atoms with Crippen LogP contribution in [0.1, 0.15) is 33.4 Å². The minimum Gasteiger partial charge on any atom is -0.361 e. The van der Waals surface area contributed by atoms with Crippen LogP contribution in [0, 0.1) is 0 Å². The fourth-order valence-corrected chi connectivity index (χ4v) is 3.57. The van der Waals surface area contributed by atoms with E-state index < -0.39 is 5.60 Å². The van der Waals surface area contributed by atoms with Crippen molar-refractivity contribution < 1.29 is 9.53 Å². The number of ketones is 1. The first-order valence-corrected chi connectivity index (χ1v) is 10.6. The Hall–Kier alpha value is -2.96. The summed E-state index contributed by atoms with van der Waals surface area (Å²) in [6.45, 7) is 8.13. The van der Waals surface area contributed by atoms with E-state index in [0.717, 1.165) is 34.4 Å². The second-order valence-electron chi connectivity index (χ2n) is 7.97. The van der Waals surface area contributed by atoms with E-state index in [0.29, 0.717) is 10.7 Å².